The van der Waals surface area contributed by atoms with Crippen LogP contribution in [-0.2, 0) is 75.6 Å². The van der Waals surface area contributed by atoms with Gasteiger partial charge in [-0.15, -0.1) is 0 Å². The van der Waals surface area contributed by atoms with Crippen molar-refractivity contribution in [1.82, 2.24) is 0 Å². The minimum atomic E-state index is -2.96. The van der Waals surface area contributed by atoms with Gasteiger partial charge in [0.25, 0.3) is 0 Å². The molecule has 0 N–H and O–H groups in total. The Morgan fingerprint density at radius 1 is 0.135 bits per heavy atom. The molecule has 0 spiro atoms. The molecule has 0 bridgehead atoms. The van der Waals surface area contributed by atoms with Gasteiger partial charge >= 0.3 is 21.1 Å². The summed E-state index contributed by atoms with van der Waals surface area (Å²) in [7, 11) is -17.8. The van der Waals surface area contributed by atoms with Crippen molar-refractivity contribution in [2.24, 2.45) is 0 Å². The normalized spacial score (nSPS) is 12.9. The van der Waals surface area contributed by atoms with E-state index in [1.54, 1.807) is 0 Å². The Hall–Kier alpha value is 0.0283. The Balaban J connectivity index is -0.000000286. The molecule has 0 fully saturated rings. The van der Waals surface area contributed by atoms with Crippen LogP contribution in [0.1, 0.15) is 581 Å². The second-order valence-electron chi connectivity index (χ2n) is 36.2. The monoisotopic (exact) mass is 2090 g/mol. The van der Waals surface area contributed by atoms with E-state index < -0.39 is 49.5 Å². The van der Waals surface area contributed by atoms with E-state index in [0.29, 0.717) is 39.6 Å². The summed E-state index contributed by atoms with van der Waals surface area (Å²) < 4.78 is 88.5. The number of allylic oxidation sites excluding steroid dienone is 12. The van der Waals surface area contributed by atoms with Gasteiger partial charge in [-0.25, -0.2) is 0 Å². The quantitative estimate of drug-likeness (QED) is 0.0236. The Morgan fingerprint density at radius 3 is 0.293 bits per heavy atom. The molecule has 0 aliphatic carbocycles. The minimum Gasteiger partial charge on any atom is -0.781 e. The van der Waals surface area contributed by atoms with E-state index in [9.17, 15) is 56.8 Å². The van der Waals surface area contributed by atoms with Crippen LogP contribution in [-0.4, -0.2) is 39.6 Å². The van der Waals surface area contributed by atoms with E-state index >= 15 is 0 Å². The van der Waals surface area contributed by atoms with Crippen LogP contribution in [0.3, 0.4) is 0 Å². The molecule has 0 amide bonds. The Morgan fingerprint density at radius 2 is 0.211 bits per heavy atom. The molecule has 25 heteroatoms. The van der Waals surface area contributed by atoms with Gasteiger partial charge in [-0.3, -0.25) is 0 Å². The summed E-state index contributed by atoms with van der Waals surface area (Å²) >= 11 is 0. The molecule has 0 rings (SSSR count). The fraction of sp³-hybridized carbons (Fsp3) is 0.889. The zero-order valence-electron chi connectivity index (χ0n) is 87.3. The minimum absolute atomic E-state index is 0. The van der Waals surface area contributed by atoms with Crippen LogP contribution in [0.5, 0.6) is 0 Å². The van der Waals surface area contributed by atoms with Gasteiger partial charge in [-0.1, -0.05) is 461 Å². The van der Waals surface area contributed by atoms with Gasteiger partial charge in [0.05, 0.1) is 39.6 Å². The van der Waals surface area contributed by atoms with Gasteiger partial charge < -0.3 is 83.9 Å². The van der Waals surface area contributed by atoms with Gasteiger partial charge in [0.2, 0.25) is 0 Å². The van der Waals surface area contributed by atoms with E-state index in [0.717, 1.165) is 77.0 Å². The van der Waals surface area contributed by atoms with Crippen LogP contribution in [0.2, 0.25) is 0 Å². The van der Waals surface area contributed by atoms with Crippen molar-refractivity contribution in [3.8, 4) is 0 Å². The molecule has 6 atom stereocenters. The van der Waals surface area contributed by atoms with E-state index in [1.165, 1.54) is 462 Å². The van der Waals surface area contributed by atoms with Crippen molar-refractivity contribution < 1.29 is 105 Å². The molecule has 0 aromatic rings. The molecule has 0 aliphatic heterocycles. The first-order valence-corrected chi connectivity index (χ1v) is 62.9. The fourth-order valence-electron chi connectivity index (χ4n) is 15.0. The van der Waals surface area contributed by atoms with E-state index in [4.69, 9.17) is 0 Å². The molecule has 0 heterocycles. The van der Waals surface area contributed by atoms with E-state index in [1.807, 2.05) is 0 Å². The number of hydrogen-bond donors (Lipinski definition) is 0. The smallest absolute Gasteiger partial charge is 0.781 e. The second kappa shape index (κ2) is 143. The van der Waals surface area contributed by atoms with E-state index in [2.05, 4.69) is 142 Å². The van der Waals surface area contributed by atoms with Gasteiger partial charge in [0.1, 0.15) is 49.5 Å². The van der Waals surface area contributed by atoms with Crippen LogP contribution in [0.25, 0.3) is 0 Å². The average molecular weight is 2080 g/mol. The SMILES string of the molecule is CCCCCCCC/C=C\CCCCCCCCO[PH](=O)[O-].CCCCCCCC/C=C\CCCCCCCCO[PH](=O)[O-].CCCCCCCC/C=C\CCCCCCCCO[PH](=O)[O-].CCCCCCCC/C=C\CCCCCCCCO[PH](=O)[O-].CCCCCCCC/C=C\CCCCCCCCO[PH](=O)[O-].CCCCCCCC/C=C\CCCCCCCCO[PH](=O)[O-].[Mo+6]. The molecule has 0 aliphatic rings. The maximum Gasteiger partial charge on any atom is 6.00 e. The van der Waals surface area contributed by atoms with Crippen molar-refractivity contribution in [2.45, 2.75) is 581 Å². The predicted molar refractivity (Wildman–Crippen MR) is 566 cm³/mol. The molecule has 0 saturated heterocycles. The third-order valence-electron chi connectivity index (χ3n) is 23.3. The van der Waals surface area contributed by atoms with E-state index in [-0.39, 0.29) is 21.1 Å². The average Bonchev–Trinajstić information content (AvgIpc) is 1.10. The summed E-state index contributed by atoms with van der Waals surface area (Å²) in [5, 5.41) is 0. The first-order valence-electron chi connectivity index (χ1n) is 55.5. The van der Waals surface area contributed by atoms with Crippen molar-refractivity contribution in [3.05, 3.63) is 72.9 Å². The van der Waals surface area contributed by atoms with Crippen molar-refractivity contribution in [1.29, 1.82) is 0 Å². The fourth-order valence-corrected chi connectivity index (χ4v) is 16.9. The maximum absolute atomic E-state index is 10.2. The van der Waals surface area contributed by atoms with Gasteiger partial charge in [0, 0.05) is 0 Å². The Labute approximate surface area is 842 Å². The summed E-state index contributed by atoms with van der Waals surface area (Å²) in [6, 6.07) is 0. The zero-order valence-corrected chi connectivity index (χ0v) is 95.3. The van der Waals surface area contributed by atoms with Crippen LogP contribution < -0.4 is 29.4 Å². The second-order valence-corrected chi connectivity index (χ2v) is 40.9. The van der Waals surface area contributed by atoms with Crippen molar-refractivity contribution in [3.63, 3.8) is 0 Å². The summed E-state index contributed by atoms with van der Waals surface area (Å²) in [5.41, 5.74) is 0. The van der Waals surface area contributed by atoms with Gasteiger partial charge in [-0.2, -0.15) is 0 Å². The number of unbranched alkanes of at least 4 members (excludes halogenated alkanes) is 72. The predicted octanol–water partition coefficient (Wildman–Crippen LogP) is 34.7. The summed E-state index contributed by atoms with van der Waals surface area (Å²) in [6.45, 7) is 15.7. The van der Waals surface area contributed by atoms with Crippen LogP contribution in [0.15, 0.2) is 72.9 Å². The van der Waals surface area contributed by atoms with Gasteiger partial charge in [-0.05, 0) is 193 Å². The molecule has 0 aromatic carbocycles. The zero-order chi connectivity index (χ0) is 97.8. The summed E-state index contributed by atoms with van der Waals surface area (Å²) in [6.07, 6.45) is 134. The van der Waals surface area contributed by atoms with Crippen molar-refractivity contribution in [2.75, 3.05) is 39.6 Å². The standard InChI is InChI=1S/6C18H37O3P.Mo/c6*1-2-3-4-5-6-7-8-9-10-11-12-13-14-15-16-17-18-21-22(19)20;/h6*9-10,22H,2-8,11-18H2,1H3,(H,19,20);/q;;;;;;+6/p-6/b6*10-9-;. The van der Waals surface area contributed by atoms with Crippen LogP contribution in [0, 0.1) is 0 Å². The maximum atomic E-state index is 10.2. The number of rotatable bonds is 102. The third kappa shape index (κ3) is 172. The third-order valence-corrected chi connectivity index (χ3v) is 25.9. The summed E-state index contributed by atoms with van der Waals surface area (Å²) in [5.74, 6) is 0. The molecular weight excluding hydrogens is 1870 g/mol. The molecule has 6 unspecified atom stereocenters. The van der Waals surface area contributed by atoms with Gasteiger partial charge in [0.15, 0.2) is 0 Å². The molecule has 18 nitrogen and oxygen atoms in total. The van der Waals surface area contributed by atoms with Crippen molar-refractivity contribution >= 4 is 49.5 Å². The molecule has 133 heavy (non-hydrogen) atoms. The molecule has 0 radical (unpaired) electrons. The summed E-state index contributed by atoms with van der Waals surface area (Å²) in [4.78, 5) is 61.2. The van der Waals surface area contributed by atoms with Crippen LogP contribution in [0.4, 0.5) is 0 Å². The molecule has 0 aromatic heterocycles. The number of hydrogen-bond acceptors (Lipinski definition) is 18. The first-order chi connectivity index (χ1) is 64.6. The molecule has 792 valence electrons. The Kier molecular flexibility index (Phi) is 157. The van der Waals surface area contributed by atoms with Crippen LogP contribution >= 0.6 is 49.5 Å². The largest absolute Gasteiger partial charge is 6.00 e. The molecule has 0 saturated carbocycles. The molecular formula is C108H216MoO18P6. The topological polar surface area (TPSA) is 296 Å². The first kappa shape index (κ1) is 146. The Bertz CT molecular complexity index is 2030.